The van der Waals surface area contributed by atoms with Crippen molar-refractivity contribution in [1.82, 2.24) is 35.9 Å². The summed E-state index contributed by atoms with van der Waals surface area (Å²) in [5.74, 6) is -4.44. The number of carbonyl (C=O) groups excluding carboxylic acids is 4. The number of hydrogen-bond acceptors (Lipinski definition) is 17. The SMILES string of the molecule is C[C@@H]1C[C@H]2C3CCC4=CC(=O)C=C[C@]4(C)[C@@]3(F)[C@@H](O)C[C@]2(C)[C@@]1(O)C(=O)NCCOCCOCCOCCNC(=O)CC[C@H](NC(=O)c1ccc(N(C)Cc2cnc3nc(N)nc(N)c3n2)cc1)C(=O)O. The molecule has 0 bridgehead atoms. The van der Waals surface area contributed by atoms with Crippen molar-refractivity contribution in [2.45, 2.75) is 89.3 Å². The number of nitrogens with one attached hydrogen (secondary N) is 3. The van der Waals surface area contributed by atoms with Crippen molar-refractivity contribution in [3.05, 3.63) is 65.5 Å². The van der Waals surface area contributed by atoms with Gasteiger partial charge in [-0.15, -0.1) is 0 Å². The number of rotatable bonds is 22. The van der Waals surface area contributed by atoms with Crippen LogP contribution in [0.4, 0.5) is 21.8 Å². The van der Waals surface area contributed by atoms with E-state index in [0.29, 0.717) is 42.6 Å². The minimum atomic E-state index is -2.05. The fraction of sp³-hybridized carbons (Fsp3) is 0.571. The number of halogens is 1. The Labute approximate surface area is 410 Å². The molecule has 1 aromatic carbocycles. The molecule has 21 nitrogen and oxygen atoms in total. The molecule has 0 spiro atoms. The third kappa shape index (κ3) is 10.6. The first-order valence-corrected chi connectivity index (χ1v) is 23.9. The number of aromatic nitrogens is 4. The zero-order valence-electron chi connectivity index (χ0n) is 40.5. The highest BCUT2D eigenvalue weighted by atomic mass is 19.1. The highest BCUT2D eigenvalue weighted by Crippen LogP contribution is 2.70. The lowest BCUT2D eigenvalue weighted by Crippen LogP contribution is -2.70. The monoisotopic (exact) mass is 988 g/mol. The smallest absolute Gasteiger partial charge is 0.326 e. The van der Waals surface area contributed by atoms with Gasteiger partial charge in [-0.05, 0) is 87.3 Å². The summed E-state index contributed by atoms with van der Waals surface area (Å²) in [7, 11) is 1.82. The van der Waals surface area contributed by atoms with Crippen LogP contribution < -0.4 is 32.3 Å². The largest absolute Gasteiger partial charge is 0.480 e. The van der Waals surface area contributed by atoms with Crippen molar-refractivity contribution in [2.75, 3.05) is 76.1 Å². The third-order valence-electron chi connectivity index (χ3n) is 15.1. The number of aliphatic hydroxyl groups is 2. The molecule has 10 N–H and O–H groups in total. The number of anilines is 3. The molecule has 1 unspecified atom stereocenters. The van der Waals surface area contributed by atoms with Gasteiger partial charge in [0.2, 0.25) is 11.9 Å². The maximum atomic E-state index is 17.4. The first-order valence-electron chi connectivity index (χ1n) is 23.9. The van der Waals surface area contributed by atoms with Crippen LogP contribution in [0.5, 0.6) is 0 Å². The molecule has 0 aliphatic heterocycles. The maximum Gasteiger partial charge on any atom is 0.326 e. The number of aliphatic carboxylic acids is 1. The molecule has 4 aliphatic rings. The highest BCUT2D eigenvalue weighted by Gasteiger charge is 2.75. The Bertz CT molecular complexity index is 2550. The molecule has 384 valence electrons. The van der Waals surface area contributed by atoms with Gasteiger partial charge in [-0.2, -0.15) is 9.97 Å². The van der Waals surface area contributed by atoms with Crippen molar-refractivity contribution in [2.24, 2.45) is 28.6 Å². The summed E-state index contributed by atoms with van der Waals surface area (Å²) >= 11 is 0. The van der Waals surface area contributed by atoms with Gasteiger partial charge < -0.3 is 61.8 Å². The number of nitrogens with zero attached hydrogens (tertiary/aromatic N) is 5. The first kappa shape index (κ1) is 52.6. The van der Waals surface area contributed by atoms with Crippen LogP contribution in [0.2, 0.25) is 0 Å². The number of amides is 3. The first-order chi connectivity index (χ1) is 33.7. The van der Waals surface area contributed by atoms with Gasteiger partial charge in [-0.1, -0.05) is 25.5 Å². The Hall–Kier alpha value is -6.20. The minimum Gasteiger partial charge on any atom is -0.480 e. The Morgan fingerprint density at radius 1 is 0.958 bits per heavy atom. The zero-order valence-corrected chi connectivity index (χ0v) is 40.5. The molecule has 0 radical (unpaired) electrons. The maximum absolute atomic E-state index is 17.4. The number of aliphatic hydroxyl groups excluding tert-OH is 1. The van der Waals surface area contributed by atoms with Crippen molar-refractivity contribution in [1.29, 1.82) is 0 Å². The summed E-state index contributed by atoms with van der Waals surface area (Å²) in [5.41, 5.74) is 8.26. The quantitative estimate of drug-likeness (QED) is 0.0666. The van der Waals surface area contributed by atoms with E-state index in [0.717, 1.165) is 5.69 Å². The van der Waals surface area contributed by atoms with Crippen LogP contribution in [0.1, 0.15) is 75.3 Å². The predicted octanol–water partition coefficient (Wildman–Crippen LogP) is 1.81. The van der Waals surface area contributed by atoms with Gasteiger partial charge in [-0.3, -0.25) is 19.2 Å². The lowest BCUT2D eigenvalue weighted by Gasteiger charge is -2.62. The van der Waals surface area contributed by atoms with Crippen LogP contribution in [0, 0.1) is 28.6 Å². The number of nitrogen functional groups attached to an aromatic ring is 2. The lowest BCUT2D eigenvalue weighted by atomic mass is 9.44. The summed E-state index contributed by atoms with van der Waals surface area (Å²) in [4.78, 5) is 81.8. The van der Waals surface area contributed by atoms with Gasteiger partial charge in [-0.25, -0.2) is 19.2 Å². The second-order valence-corrected chi connectivity index (χ2v) is 19.4. The zero-order chi connectivity index (χ0) is 51.3. The summed E-state index contributed by atoms with van der Waals surface area (Å²) in [6.45, 7) is 7.24. The van der Waals surface area contributed by atoms with E-state index in [9.17, 15) is 39.3 Å². The molecule has 3 aromatic rings. The Kier molecular flexibility index (Phi) is 16.0. The molecule has 3 fully saturated rings. The van der Waals surface area contributed by atoms with E-state index < -0.39 is 69.8 Å². The number of carboxylic acids is 1. The van der Waals surface area contributed by atoms with Crippen LogP contribution in [0.15, 0.2) is 54.3 Å². The summed E-state index contributed by atoms with van der Waals surface area (Å²) < 4.78 is 34.1. The van der Waals surface area contributed by atoms with Crippen molar-refractivity contribution in [3.63, 3.8) is 0 Å². The Morgan fingerprint density at radius 3 is 2.30 bits per heavy atom. The molecular weight excluding hydrogens is 924 g/mol. The summed E-state index contributed by atoms with van der Waals surface area (Å²) in [5, 5.41) is 41.4. The predicted molar refractivity (Wildman–Crippen MR) is 257 cm³/mol. The van der Waals surface area contributed by atoms with E-state index in [1.165, 1.54) is 12.2 Å². The number of fused-ring (bicyclic) bond motifs is 6. The number of ketones is 1. The molecule has 4 aliphatic carbocycles. The van der Waals surface area contributed by atoms with Gasteiger partial charge >= 0.3 is 5.97 Å². The molecule has 0 saturated heterocycles. The number of nitrogens with two attached hydrogens (primary N) is 2. The number of carboxylic acid groups (broad SMARTS) is 1. The van der Waals surface area contributed by atoms with Crippen molar-refractivity contribution >= 4 is 58.1 Å². The standard InChI is InChI=1S/C49H65FN10O11/c1-28-23-35-34-10-7-30-24-33(61)13-14-46(30,2)48(34,50)37(62)25-47(35,3)49(28,68)44(67)54-16-18-70-20-22-71-21-19-69-17-15-53-38(63)12-11-36(43(65)66)57-42(64)29-5-8-32(9-6-29)60(4)27-31-26-55-41-39(56-31)40(51)58-45(52)59-41/h5-6,8-9,13-14,24,26,28,34-37,62,68H,7,10-12,15-23,25,27H2,1-4H3,(H,53,63)(H,54,67)(H,57,64)(H,65,66)(H4,51,52,55,58,59)/t28-,34?,35+,36+,37+,46+,47+,48+,49+/m1/s1. The summed E-state index contributed by atoms with van der Waals surface area (Å²) in [6, 6.07) is 5.22. The second kappa shape index (κ2) is 21.7. The van der Waals surface area contributed by atoms with Crippen molar-refractivity contribution in [3.8, 4) is 0 Å². The molecule has 22 heteroatoms. The van der Waals surface area contributed by atoms with Crippen LogP contribution >= 0.6 is 0 Å². The number of hydrogen-bond donors (Lipinski definition) is 8. The molecule has 9 atom stereocenters. The van der Waals surface area contributed by atoms with Gasteiger partial charge in [0.15, 0.2) is 34.0 Å². The molecule has 2 heterocycles. The Balaban J connectivity index is 0.730. The van der Waals surface area contributed by atoms with E-state index in [-0.39, 0.29) is 107 Å². The topological polar surface area (TPSA) is 317 Å². The fourth-order valence-corrected chi connectivity index (χ4v) is 11.3. The Morgan fingerprint density at radius 2 is 1.62 bits per heavy atom. The van der Waals surface area contributed by atoms with E-state index in [2.05, 4.69) is 35.9 Å². The van der Waals surface area contributed by atoms with Gasteiger partial charge in [0.05, 0.1) is 64.2 Å². The van der Waals surface area contributed by atoms with Gasteiger partial charge in [0.25, 0.3) is 11.8 Å². The average Bonchev–Trinajstić information content (AvgIpc) is 3.53. The van der Waals surface area contributed by atoms with Crippen LogP contribution in [-0.4, -0.2) is 148 Å². The number of carbonyl (C=O) groups is 5. The molecule has 7 rings (SSSR count). The molecule has 3 amide bonds. The number of allylic oxidation sites excluding steroid dienone is 4. The minimum absolute atomic E-state index is 0.00192. The highest BCUT2D eigenvalue weighted by molar-refractivity contribution is 6.01. The molecule has 71 heavy (non-hydrogen) atoms. The average molecular weight is 989 g/mol. The number of benzene rings is 1. The molecular formula is C49H65FN10O11. The van der Waals surface area contributed by atoms with Gasteiger partial charge in [0, 0.05) is 54.6 Å². The van der Waals surface area contributed by atoms with E-state index in [1.807, 2.05) is 11.9 Å². The van der Waals surface area contributed by atoms with E-state index in [1.54, 1.807) is 57.3 Å². The van der Waals surface area contributed by atoms with E-state index >= 15 is 4.39 Å². The number of alkyl halides is 1. The summed E-state index contributed by atoms with van der Waals surface area (Å²) in [6.07, 6.45) is 5.46. The van der Waals surface area contributed by atoms with Crippen LogP contribution in [-0.2, 0) is 39.9 Å². The molecule has 3 saturated carbocycles. The van der Waals surface area contributed by atoms with E-state index in [4.69, 9.17) is 25.7 Å². The van der Waals surface area contributed by atoms with Crippen LogP contribution in [0.25, 0.3) is 11.2 Å². The van der Waals surface area contributed by atoms with Crippen molar-refractivity contribution < 1.29 is 57.9 Å². The third-order valence-corrected chi connectivity index (χ3v) is 15.1. The van der Waals surface area contributed by atoms with Gasteiger partial charge in [0.1, 0.15) is 6.04 Å². The molecule has 2 aromatic heterocycles. The van der Waals surface area contributed by atoms with Crippen LogP contribution in [0.3, 0.4) is 0 Å². The lowest BCUT2D eigenvalue weighted by molar-refractivity contribution is -0.219. The second-order valence-electron chi connectivity index (χ2n) is 19.4. The number of ether oxygens (including phenoxy) is 3. The normalized spacial score (nSPS) is 28.0. The fourth-order valence-electron chi connectivity index (χ4n) is 11.3.